The average molecular weight is 374 g/mol. The highest BCUT2D eigenvalue weighted by molar-refractivity contribution is 5.75. The normalized spacial score (nSPS) is 20.2. The van der Waals surface area contributed by atoms with Crippen LogP contribution in [-0.2, 0) is 16.0 Å². The molecule has 0 unspecified atom stereocenters. The number of hydrogen-bond donors (Lipinski definition) is 3. The minimum Gasteiger partial charge on any atom is -0.504 e. The number of benzene rings is 2. The first-order valence-corrected chi connectivity index (χ1v) is 8.52. The Bertz CT molecular complexity index is 833. The lowest BCUT2D eigenvalue weighted by Crippen LogP contribution is -2.24. The Hall–Kier alpha value is -2.93. The maximum absolute atomic E-state index is 12.2. The summed E-state index contributed by atoms with van der Waals surface area (Å²) in [6, 6.07) is 9.44. The third-order valence-corrected chi connectivity index (χ3v) is 4.89. The van der Waals surface area contributed by atoms with Crippen molar-refractivity contribution in [2.75, 3.05) is 20.8 Å². The van der Waals surface area contributed by atoms with Gasteiger partial charge in [-0.15, -0.1) is 0 Å². The van der Waals surface area contributed by atoms with Crippen LogP contribution in [0.3, 0.4) is 0 Å². The van der Waals surface area contributed by atoms with Gasteiger partial charge in [0.15, 0.2) is 23.0 Å². The summed E-state index contributed by atoms with van der Waals surface area (Å²) >= 11 is 0. The molecule has 1 aliphatic heterocycles. The van der Waals surface area contributed by atoms with Gasteiger partial charge in [-0.25, -0.2) is 0 Å². The van der Waals surface area contributed by atoms with Crippen molar-refractivity contribution in [3.05, 3.63) is 47.5 Å². The molecular formula is C20H22O7. The maximum Gasteiger partial charge on any atom is 0.309 e. The number of aliphatic hydroxyl groups is 1. The number of carbonyl (C=O) groups excluding carboxylic acids is 1. The van der Waals surface area contributed by atoms with Gasteiger partial charge in [-0.05, 0) is 41.8 Å². The lowest BCUT2D eigenvalue weighted by molar-refractivity contribution is -0.141. The Morgan fingerprint density at radius 1 is 1.07 bits per heavy atom. The standard InChI is InChI=1S/C20H22O7/c1-25-17-8-11(3-5-15(17)21)7-13-14(10-27-20(13)24)19(23)12-4-6-16(22)18(9-12)26-2/h3-6,8-9,13-14,19,21-23H,7,10H2,1-2H3/t13-,14-,19-/m1/s1. The van der Waals surface area contributed by atoms with Gasteiger partial charge < -0.3 is 29.5 Å². The van der Waals surface area contributed by atoms with Crippen LogP contribution in [0.5, 0.6) is 23.0 Å². The molecule has 1 heterocycles. The molecule has 0 saturated carbocycles. The Morgan fingerprint density at radius 3 is 2.37 bits per heavy atom. The number of carbonyl (C=O) groups is 1. The smallest absolute Gasteiger partial charge is 0.309 e. The number of methoxy groups -OCH3 is 2. The van der Waals surface area contributed by atoms with E-state index in [1.165, 1.54) is 26.4 Å². The molecule has 0 amide bonds. The molecule has 1 saturated heterocycles. The van der Waals surface area contributed by atoms with E-state index in [-0.39, 0.29) is 29.8 Å². The number of rotatable bonds is 6. The first-order valence-electron chi connectivity index (χ1n) is 8.52. The molecule has 0 aromatic heterocycles. The zero-order chi connectivity index (χ0) is 19.6. The van der Waals surface area contributed by atoms with Crippen LogP contribution in [0, 0.1) is 11.8 Å². The summed E-state index contributed by atoms with van der Waals surface area (Å²) in [6.07, 6.45) is -0.623. The SMILES string of the molecule is COc1cc(C[C@H]2C(=O)OC[C@H]2[C@H](O)c2ccc(O)c(OC)c2)ccc1O. The summed E-state index contributed by atoms with van der Waals surface area (Å²) in [5.74, 6) is -0.823. The zero-order valence-corrected chi connectivity index (χ0v) is 15.1. The molecule has 144 valence electrons. The van der Waals surface area contributed by atoms with Gasteiger partial charge >= 0.3 is 5.97 Å². The highest BCUT2D eigenvalue weighted by Gasteiger charge is 2.41. The molecule has 0 radical (unpaired) electrons. The highest BCUT2D eigenvalue weighted by atomic mass is 16.5. The summed E-state index contributed by atoms with van der Waals surface area (Å²) in [6.45, 7) is 0.100. The van der Waals surface area contributed by atoms with Gasteiger partial charge in [0.1, 0.15) is 0 Å². The van der Waals surface area contributed by atoms with Gasteiger partial charge in [-0.2, -0.15) is 0 Å². The number of hydrogen-bond acceptors (Lipinski definition) is 7. The van der Waals surface area contributed by atoms with Crippen LogP contribution in [0.15, 0.2) is 36.4 Å². The number of phenolic OH excluding ortho intramolecular Hbond substituents is 2. The monoisotopic (exact) mass is 374 g/mol. The third-order valence-electron chi connectivity index (χ3n) is 4.89. The molecule has 1 aliphatic rings. The molecule has 1 fully saturated rings. The molecule has 2 aromatic rings. The lowest BCUT2D eigenvalue weighted by Gasteiger charge is -2.22. The summed E-state index contributed by atoms with van der Waals surface area (Å²) in [7, 11) is 2.88. The van der Waals surface area contributed by atoms with Crippen LogP contribution < -0.4 is 9.47 Å². The van der Waals surface area contributed by atoms with Crippen molar-refractivity contribution in [2.24, 2.45) is 11.8 Å². The fraction of sp³-hybridized carbons (Fsp3) is 0.350. The molecule has 0 aliphatic carbocycles. The predicted octanol–water partition coefficient (Wildman–Crippen LogP) is 2.18. The lowest BCUT2D eigenvalue weighted by atomic mass is 9.83. The third kappa shape index (κ3) is 3.78. The number of esters is 1. The Labute approximate surface area is 156 Å². The summed E-state index contributed by atoms with van der Waals surface area (Å²) in [5, 5.41) is 30.3. The van der Waals surface area contributed by atoms with Crippen LogP contribution in [0.25, 0.3) is 0 Å². The van der Waals surface area contributed by atoms with E-state index in [1.807, 2.05) is 0 Å². The first kappa shape index (κ1) is 18.8. The second-order valence-electron chi connectivity index (χ2n) is 6.49. The maximum atomic E-state index is 12.2. The topological polar surface area (TPSA) is 105 Å². The van der Waals surface area contributed by atoms with E-state index in [9.17, 15) is 20.1 Å². The number of aliphatic hydroxyl groups excluding tert-OH is 1. The first-order chi connectivity index (χ1) is 12.9. The largest absolute Gasteiger partial charge is 0.504 e. The van der Waals surface area contributed by atoms with E-state index in [0.29, 0.717) is 17.7 Å². The van der Waals surface area contributed by atoms with Crippen molar-refractivity contribution < 1.29 is 34.3 Å². The van der Waals surface area contributed by atoms with Crippen molar-refractivity contribution >= 4 is 5.97 Å². The molecule has 0 spiro atoms. The quantitative estimate of drug-likeness (QED) is 0.666. The minimum absolute atomic E-state index is 0.0167. The van der Waals surface area contributed by atoms with Gasteiger partial charge in [0.25, 0.3) is 0 Å². The summed E-state index contributed by atoms with van der Waals surface area (Å²) < 4.78 is 15.4. The van der Waals surface area contributed by atoms with Gasteiger partial charge in [0.2, 0.25) is 0 Å². The van der Waals surface area contributed by atoms with Crippen molar-refractivity contribution in [2.45, 2.75) is 12.5 Å². The molecule has 2 aromatic carbocycles. The highest BCUT2D eigenvalue weighted by Crippen LogP contribution is 2.39. The van der Waals surface area contributed by atoms with Crippen LogP contribution >= 0.6 is 0 Å². The number of ether oxygens (including phenoxy) is 3. The van der Waals surface area contributed by atoms with Crippen molar-refractivity contribution in [1.29, 1.82) is 0 Å². The fourth-order valence-corrected chi connectivity index (χ4v) is 3.35. The number of phenols is 2. The Kier molecular flexibility index (Phi) is 5.41. The Balaban J connectivity index is 1.83. The summed E-state index contributed by atoms with van der Waals surface area (Å²) in [5.41, 5.74) is 1.32. The van der Waals surface area contributed by atoms with Crippen molar-refractivity contribution in [3.8, 4) is 23.0 Å². The molecule has 7 nitrogen and oxygen atoms in total. The van der Waals surface area contributed by atoms with E-state index in [4.69, 9.17) is 14.2 Å². The Morgan fingerprint density at radius 2 is 1.70 bits per heavy atom. The second-order valence-corrected chi connectivity index (χ2v) is 6.49. The van der Waals surface area contributed by atoms with Gasteiger partial charge in [0.05, 0.1) is 32.8 Å². The zero-order valence-electron chi connectivity index (χ0n) is 15.1. The van der Waals surface area contributed by atoms with E-state index in [0.717, 1.165) is 5.56 Å². The van der Waals surface area contributed by atoms with Gasteiger partial charge in [-0.1, -0.05) is 12.1 Å². The molecule has 0 bridgehead atoms. The van der Waals surface area contributed by atoms with E-state index < -0.39 is 17.9 Å². The van der Waals surface area contributed by atoms with E-state index >= 15 is 0 Å². The van der Waals surface area contributed by atoms with Gasteiger partial charge in [-0.3, -0.25) is 4.79 Å². The average Bonchev–Trinajstić information content (AvgIpc) is 3.03. The van der Waals surface area contributed by atoms with Crippen LogP contribution in [0.1, 0.15) is 17.2 Å². The molecular weight excluding hydrogens is 352 g/mol. The van der Waals surface area contributed by atoms with Gasteiger partial charge in [0, 0.05) is 5.92 Å². The van der Waals surface area contributed by atoms with E-state index in [1.54, 1.807) is 24.3 Å². The van der Waals surface area contributed by atoms with Crippen LogP contribution in [0.2, 0.25) is 0 Å². The second kappa shape index (κ2) is 7.75. The number of cyclic esters (lactones) is 1. The number of aromatic hydroxyl groups is 2. The van der Waals surface area contributed by atoms with Crippen LogP contribution in [0.4, 0.5) is 0 Å². The predicted molar refractivity (Wildman–Crippen MR) is 95.9 cm³/mol. The molecule has 7 heteroatoms. The fourth-order valence-electron chi connectivity index (χ4n) is 3.35. The van der Waals surface area contributed by atoms with Crippen molar-refractivity contribution in [1.82, 2.24) is 0 Å². The summed E-state index contributed by atoms with van der Waals surface area (Å²) in [4.78, 5) is 12.2. The molecule has 3 atom stereocenters. The van der Waals surface area contributed by atoms with E-state index in [2.05, 4.69) is 0 Å². The molecule has 27 heavy (non-hydrogen) atoms. The molecule has 3 rings (SSSR count). The van der Waals surface area contributed by atoms with Crippen LogP contribution in [-0.4, -0.2) is 42.1 Å². The van der Waals surface area contributed by atoms with Crippen molar-refractivity contribution in [3.63, 3.8) is 0 Å². The minimum atomic E-state index is -0.963. The molecule has 3 N–H and O–H groups in total.